The van der Waals surface area contributed by atoms with Crippen LogP contribution in [-0.4, -0.2) is 24.4 Å². The highest BCUT2D eigenvalue weighted by molar-refractivity contribution is 5.78. The van der Waals surface area contributed by atoms with Gasteiger partial charge in [0.15, 0.2) is 0 Å². The van der Waals surface area contributed by atoms with E-state index in [1.807, 2.05) is 11.9 Å². The van der Waals surface area contributed by atoms with Crippen LogP contribution in [0.3, 0.4) is 0 Å². The standard InChI is InChI=1S/C11H21NO/c1-8-5-6-9(2)10(3)11(13)12(4)7-8/h8-10H,5-7H2,1-4H3/t8-,9+,10?/m0/s1. The monoisotopic (exact) mass is 183 g/mol. The van der Waals surface area contributed by atoms with E-state index in [-0.39, 0.29) is 5.92 Å². The highest BCUT2D eigenvalue weighted by Crippen LogP contribution is 2.24. The fourth-order valence-electron chi connectivity index (χ4n) is 2.04. The summed E-state index contributed by atoms with van der Waals surface area (Å²) in [7, 11) is 1.92. The minimum Gasteiger partial charge on any atom is -0.345 e. The van der Waals surface area contributed by atoms with Gasteiger partial charge in [0.2, 0.25) is 5.91 Å². The van der Waals surface area contributed by atoms with Gasteiger partial charge < -0.3 is 4.90 Å². The average Bonchev–Trinajstić information content (AvgIpc) is 2.10. The fraction of sp³-hybridized carbons (Fsp3) is 0.909. The SMILES string of the molecule is CC1C(=O)N(C)C[C@@H](C)CC[C@H]1C. The Bertz CT molecular complexity index is 191. The van der Waals surface area contributed by atoms with Gasteiger partial charge in [-0.05, 0) is 24.7 Å². The Kier molecular flexibility index (Phi) is 3.34. The van der Waals surface area contributed by atoms with Crippen LogP contribution in [0.2, 0.25) is 0 Å². The molecule has 0 aromatic heterocycles. The number of carbonyl (C=O) groups is 1. The summed E-state index contributed by atoms with van der Waals surface area (Å²) in [5.74, 6) is 1.72. The first-order valence-corrected chi connectivity index (χ1v) is 5.27. The zero-order valence-electron chi connectivity index (χ0n) is 9.21. The van der Waals surface area contributed by atoms with Crippen molar-refractivity contribution in [2.24, 2.45) is 17.8 Å². The molecule has 0 radical (unpaired) electrons. The lowest BCUT2D eigenvalue weighted by atomic mass is 9.86. The molecule has 1 aliphatic rings. The average molecular weight is 183 g/mol. The molecule has 1 amide bonds. The third kappa shape index (κ3) is 2.45. The minimum atomic E-state index is 0.206. The zero-order valence-corrected chi connectivity index (χ0v) is 9.21. The van der Waals surface area contributed by atoms with E-state index < -0.39 is 0 Å². The van der Waals surface area contributed by atoms with E-state index in [0.717, 1.165) is 6.54 Å². The molecule has 0 spiro atoms. The molecule has 1 heterocycles. The molecule has 1 aliphatic heterocycles. The van der Waals surface area contributed by atoms with Crippen molar-refractivity contribution in [2.45, 2.75) is 33.6 Å². The molecule has 3 atom stereocenters. The summed E-state index contributed by atoms with van der Waals surface area (Å²) in [5.41, 5.74) is 0. The molecule has 1 saturated heterocycles. The molecule has 76 valence electrons. The second-order valence-electron chi connectivity index (χ2n) is 4.67. The number of likely N-dealkylation sites (tertiary alicyclic amines) is 1. The molecule has 1 unspecified atom stereocenters. The van der Waals surface area contributed by atoms with Gasteiger partial charge in [-0.1, -0.05) is 20.8 Å². The Morgan fingerprint density at radius 3 is 2.46 bits per heavy atom. The van der Waals surface area contributed by atoms with Gasteiger partial charge in [0.05, 0.1) is 0 Å². The van der Waals surface area contributed by atoms with Gasteiger partial charge in [-0.2, -0.15) is 0 Å². The van der Waals surface area contributed by atoms with Gasteiger partial charge in [-0.25, -0.2) is 0 Å². The van der Waals surface area contributed by atoms with Crippen LogP contribution in [0.5, 0.6) is 0 Å². The predicted octanol–water partition coefficient (Wildman–Crippen LogP) is 2.15. The van der Waals surface area contributed by atoms with Crippen LogP contribution in [-0.2, 0) is 4.79 Å². The highest BCUT2D eigenvalue weighted by atomic mass is 16.2. The molecule has 0 aromatic carbocycles. The van der Waals surface area contributed by atoms with Gasteiger partial charge in [0, 0.05) is 19.5 Å². The summed E-state index contributed by atoms with van der Waals surface area (Å²) in [6, 6.07) is 0. The summed E-state index contributed by atoms with van der Waals surface area (Å²) in [6.45, 7) is 7.40. The maximum atomic E-state index is 11.8. The molecule has 2 heteroatoms. The van der Waals surface area contributed by atoms with Crippen molar-refractivity contribution in [2.75, 3.05) is 13.6 Å². The normalized spacial score (nSPS) is 37.1. The van der Waals surface area contributed by atoms with Crippen LogP contribution >= 0.6 is 0 Å². The van der Waals surface area contributed by atoms with E-state index in [2.05, 4.69) is 20.8 Å². The molecular formula is C11H21NO. The maximum Gasteiger partial charge on any atom is 0.225 e. The molecule has 0 N–H and O–H groups in total. The lowest BCUT2D eigenvalue weighted by Gasteiger charge is -2.31. The summed E-state index contributed by atoms with van der Waals surface area (Å²) in [5, 5.41) is 0. The van der Waals surface area contributed by atoms with Crippen molar-refractivity contribution < 1.29 is 4.79 Å². The smallest absolute Gasteiger partial charge is 0.225 e. The van der Waals surface area contributed by atoms with E-state index in [1.165, 1.54) is 12.8 Å². The molecular weight excluding hydrogens is 162 g/mol. The number of hydrogen-bond acceptors (Lipinski definition) is 1. The molecule has 0 bridgehead atoms. The lowest BCUT2D eigenvalue weighted by molar-refractivity contribution is -0.136. The molecule has 0 aromatic rings. The third-order valence-corrected chi connectivity index (χ3v) is 3.32. The van der Waals surface area contributed by atoms with Crippen LogP contribution in [0.4, 0.5) is 0 Å². The summed E-state index contributed by atoms with van der Waals surface area (Å²) in [6.07, 6.45) is 2.45. The Morgan fingerprint density at radius 2 is 1.85 bits per heavy atom. The first-order valence-electron chi connectivity index (χ1n) is 5.27. The number of nitrogens with zero attached hydrogens (tertiary/aromatic N) is 1. The lowest BCUT2D eigenvalue weighted by Crippen LogP contribution is -2.39. The van der Waals surface area contributed by atoms with Gasteiger partial charge in [-0.3, -0.25) is 4.79 Å². The van der Waals surface area contributed by atoms with Crippen molar-refractivity contribution in [1.29, 1.82) is 0 Å². The Labute approximate surface area is 81.3 Å². The van der Waals surface area contributed by atoms with Gasteiger partial charge in [0.1, 0.15) is 0 Å². The van der Waals surface area contributed by atoms with Crippen LogP contribution in [0, 0.1) is 17.8 Å². The molecule has 2 nitrogen and oxygen atoms in total. The topological polar surface area (TPSA) is 20.3 Å². The molecule has 0 saturated carbocycles. The summed E-state index contributed by atoms with van der Waals surface area (Å²) < 4.78 is 0. The maximum absolute atomic E-state index is 11.8. The number of amides is 1. The fourth-order valence-corrected chi connectivity index (χ4v) is 2.04. The van der Waals surface area contributed by atoms with Gasteiger partial charge >= 0.3 is 0 Å². The highest BCUT2D eigenvalue weighted by Gasteiger charge is 2.26. The minimum absolute atomic E-state index is 0.206. The van der Waals surface area contributed by atoms with Crippen molar-refractivity contribution in [3.63, 3.8) is 0 Å². The Balaban J connectivity index is 2.68. The quantitative estimate of drug-likeness (QED) is 0.563. The van der Waals surface area contributed by atoms with Crippen LogP contribution in [0.15, 0.2) is 0 Å². The van der Waals surface area contributed by atoms with Crippen LogP contribution in [0.25, 0.3) is 0 Å². The van der Waals surface area contributed by atoms with Crippen LogP contribution in [0.1, 0.15) is 33.6 Å². The number of carbonyl (C=O) groups excluding carboxylic acids is 1. The summed E-state index contributed by atoms with van der Waals surface area (Å²) in [4.78, 5) is 13.7. The van der Waals surface area contributed by atoms with Crippen molar-refractivity contribution in [3.8, 4) is 0 Å². The van der Waals surface area contributed by atoms with E-state index in [4.69, 9.17) is 0 Å². The molecule has 1 rings (SSSR count). The first kappa shape index (κ1) is 10.6. The number of hydrogen-bond donors (Lipinski definition) is 0. The number of rotatable bonds is 0. The second kappa shape index (κ2) is 4.12. The summed E-state index contributed by atoms with van der Waals surface area (Å²) >= 11 is 0. The first-order chi connectivity index (χ1) is 6.02. The third-order valence-electron chi connectivity index (χ3n) is 3.32. The van der Waals surface area contributed by atoms with E-state index >= 15 is 0 Å². The molecule has 13 heavy (non-hydrogen) atoms. The van der Waals surface area contributed by atoms with Gasteiger partial charge in [-0.15, -0.1) is 0 Å². The van der Waals surface area contributed by atoms with Crippen LogP contribution < -0.4 is 0 Å². The van der Waals surface area contributed by atoms with Gasteiger partial charge in [0.25, 0.3) is 0 Å². The van der Waals surface area contributed by atoms with Crippen molar-refractivity contribution in [3.05, 3.63) is 0 Å². The molecule has 1 fully saturated rings. The molecule has 0 aliphatic carbocycles. The zero-order chi connectivity index (χ0) is 10.0. The Hall–Kier alpha value is -0.530. The largest absolute Gasteiger partial charge is 0.345 e. The predicted molar refractivity (Wildman–Crippen MR) is 54.4 cm³/mol. The van der Waals surface area contributed by atoms with E-state index in [9.17, 15) is 4.79 Å². The van der Waals surface area contributed by atoms with E-state index in [1.54, 1.807) is 0 Å². The van der Waals surface area contributed by atoms with Crippen molar-refractivity contribution >= 4 is 5.91 Å². The Morgan fingerprint density at radius 1 is 1.23 bits per heavy atom. The second-order valence-corrected chi connectivity index (χ2v) is 4.67. The van der Waals surface area contributed by atoms with Crippen molar-refractivity contribution in [1.82, 2.24) is 4.90 Å². The van der Waals surface area contributed by atoms with E-state index in [0.29, 0.717) is 17.7 Å².